The Hall–Kier alpha value is -3.92. The van der Waals surface area contributed by atoms with E-state index in [1.807, 2.05) is 19.1 Å². The van der Waals surface area contributed by atoms with Crippen LogP contribution in [0.2, 0.25) is 0 Å². The van der Waals surface area contributed by atoms with Crippen molar-refractivity contribution in [3.63, 3.8) is 0 Å². The quantitative estimate of drug-likeness (QED) is 0.394. The zero-order chi connectivity index (χ0) is 26.1. The fourth-order valence-electron chi connectivity index (χ4n) is 3.42. The molecule has 0 aliphatic heterocycles. The van der Waals surface area contributed by atoms with Gasteiger partial charge in [0.25, 0.3) is 10.0 Å². The topological polar surface area (TPSA) is 103 Å². The van der Waals surface area contributed by atoms with E-state index in [1.165, 1.54) is 32.4 Å². The second-order valence-electron chi connectivity index (χ2n) is 7.58. The van der Waals surface area contributed by atoms with Crippen molar-refractivity contribution in [2.45, 2.75) is 18.4 Å². The third-order valence-electron chi connectivity index (χ3n) is 5.31. The molecular formula is C26H30N2O7S. The summed E-state index contributed by atoms with van der Waals surface area (Å²) in [6.45, 7) is 2.13. The lowest BCUT2D eigenvalue weighted by atomic mass is 10.2. The molecule has 36 heavy (non-hydrogen) atoms. The molecule has 0 radical (unpaired) electrons. The SMILES string of the molecule is CCOc1ccc(N(CC(=O)NCc2ccc(OC)cc2)S(=O)(=O)c2ccc(OC)c(OC)c2)cc1. The molecule has 0 aromatic heterocycles. The van der Waals surface area contributed by atoms with E-state index in [0.29, 0.717) is 29.5 Å². The number of nitrogens with zero attached hydrogens (tertiary/aromatic N) is 1. The molecule has 0 saturated carbocycles. The van der Waals surface area contributed by atoms with Crippen molar-refractivity contribution in [3.8, 4) is 23.0 Å². The summed E-state index contributed by atoms with van der Waals surface area (Å²) in [6, 6.07) is 18.0. The second kappa shape index (κ2) is 12.2. The van der Waals surface area contributed by atoms with Crippen LogP contribution in [0.5, 0.6) is 23.0 Å². The summed E-state index contributed by atoms with van der Waals surface area (Å²) < 4.78 is 49.5. The number of nitrogens with one attached hydrogen (secondary N) is 1. The first-order valence-electron chi connectivity index (χ1n) is 11.2. The normalized spacial score (nSPS) is 10.9. The van der Waals surface area contributed by atoms with Crippen LogP contribution in [0, 0.1) is 0 Å². The first-order chi connectivity index (χ1) is 17.3. The largest absolute Gasteiger partial charge is 0.497 e. The standard InChI is InChI=1S/C26H30N2O7S/c1-5-35-22-12-8-20(9-13-22)28(18-26(29)27-17-19-6-10-21(32-2)11-7-19)36(30,31)23-14-15-24(33-3)25(16-23)34-4/h6-16H,5,17-18H2,1-4H3,(H,27,29). The lowest BCUT2D eigenvalue weighted by Crippen LogP contribution is -2.40. The number of methoxy groups -OCH3 is 3. The summed E-state index contributed by atoms with van der Waals surface area (Å²) >= 11 is 0. The van der Waals surface area contributed by atoms with Gasteiger partial charge >= 0.3 is 0 Å². The average Bonchev–Trinajstić information content (AvgIpc) is 2.91. The van der Waals surface area contributed by atoms with Gasteiger partial charge in [0.1, 0.15) is 18.0 Å². The molecule has 0 aliphatic rings. The lowest BCUT2D eigenvalue weighted by molar-refractivity contribution is -0.119. The van der Waals surface area contributed by atoms with Gasteiger partial charge in [-0.15, -0.1) is 0 Å². The maximum Gasteiger partial charge on any atom is 0.264 e. The Morgan fingerprint density at radius 2 is 1.47 bits per heavy atom. The first kappa shape index (κ1) is 26.7. The molecule has 0 heterocycles. The summed E-state index contributed by atoms with van der Waals surface area (Å²) in [6.07, 6.45) is 0. The van der Waals surface area contributed by atoms with Crippen LogP contribution < -0.4 is 28.6 Å². The number of hydrogen-bond acceptors (Lipinski definition) is 7. The highest BCUT2D eigenvalue weighted by atomic mass is 32.2. The Kier molecular flexibility index (Phi) is 9.02. The van der Waals surface area contributed by atoms with Crippen molar-refractivity contribution in [2.75, 3.05) is 38.8 Å². The van der Waals surface area contributed by atoms with Crippen LogP contribution in [-0.2, 0) is 21.4 Å². The molecule has 0 saturated heterocycles. The van der Waals surface area contributed by atoms with E-state index in [1.54, 1.807) is 43.5 Å². The maximum atomic E-state index is 13.7. The van der Waals surface area contributed by atoms with Crippen LogP contribution in [0.1, 0.15) is 12.5 Å². The molecule has 10 heteroatoms. The minimum Gasteiger partial charge on any atom is -0.497 e. The molecule has 1 N–H and O–H groups in total. The molecule has 0 spiro atoms. The molecule has 0 aliphatic carbocycles. The summed E-state index contributed by atoms with van der Waals surface area (Å²) in [5, 5.41) is 2.78. The first-order valence-corrected chi connectivity index (χ1v) is 12.6. The van der Waals surface area contributed by atoms with Crippen LogP contribution >= 0.6 is 0 Å². The van der Waals surface area contributed by atoms with E-state index >= 15 is 0 Å². The molecule has 192 valence electrons. The number of amides is 1. The monoisotopic (exact) mass is 514 g/mol. The van der Waals surface area contributed by atoms with Gasteiger partial charge in [-0.3, -0.25) is 9.10 Å². The Morgan fingerprint density at radius 3 is 2.06 bits per heavy atom. The summed E-state index contributed by atoms with van der Waals surface area (Å²) in [5.74, 6) is 1.47. The minimum absolute atomic E-state index is 0.0445. The van der Waals surface area contributed by atoms with Crippen molar-refractivity contribution < 1.29 is 32.2 Å². The van der Waals surface area contributed by atoms with Gasteiger partial charge < -0.3 is 24.3 Å². The van der Waals surface area contributed by atoms with Gasteiger partial charge in [0.2, 0.25) is 5.91 Å². The molecule has 0 fully saturated rings. The van der Waals surface area contributed by atoms with E-state index in [-0.39, 0.29) is 17.2 Å². The number of hydrogen-bond donors (Lipinski definition) is 1. The Morgan fingerprint density at radius 1 is 0.833 bits per heavy atom. The van der Waals surface area contributed by atoms with Gasteiger partial charge in [0.15, 0.2) is 11.5 Å². The van der Waals surface area contributed by atoms with Crippen LogP contribution in [0.3, 0.4) is 0 Å². The fourth-order valence-corrected chi connectivity index (χ4v) is 4.86. The van der Waals surface area contributed by atoms with E-state index in [9.17, 15) is 13.2 Å². The van der Waals surface area contributed by atoms with Crippen molar-refractivity contribution in [1.82, 2.24) is 5.32 Å². The molecule has 9 nitrogen and oxygen atoms in total. The number of carbonyl (C=O) groups is 1. The highest BCUT2D eigenvalue weighted by Gasteiger charge is 2.28. The second-order valence-corrected chi connectivity index (χ2v) is 9.44. The predicted octanol–water partition coefficient (Wildman–Crippen LogP) is 3.62. The zero-order valence-corrected chi connectivity index (χ0v) is 21.5. The number of ether oxygens (including phenoxy) is 4. The molecule has 3 rings (SSSR count). The van der Waals surface area contributed by atoms with E-state index in [2.05, 4.69) is 5.32 Å². The van der Waals surface area contributed by atoms with E-state index in [0.717, 1.165) is 9.87 Å². The third kappa shape index (κ3) is 6.39. The molecular weight excluding hydrogens is 484 g/mol. The van der Waals surface area contributed by atoms with Crippen LogP contribution in [0.15, 0.2) is 71.6 Å². The smallest absolute Gasteiger partial charge is 0.264 e. The minimum atomic E-state index is -4.14. The number of carbonyl (C=O) groups excluding carboxylic acids is 1. The fraction of sp³-hybridized carbons (Fsp3) is 0.269. The summed E-state index contributed by atoms with van der Waals surface area (Å²) in [4.78, 5) is 12.8. The van der Waals surface area contributed by atoms with E-state index < -0.39 is 22.5 Å². The maximum absolute atomic E-state index is 13.7. The molecule has 1 amide bonds. The summed E-state index contributed by atoms with van der Waals surface area (Å²) in [5.41, 5.74) is 1.16. The van der Waals surface area contributed by atoms with Crippen LogP contribution in [0.25, 0.3) is 0 Å². The van der Waals surface area contributed by atoms with Gasteiger partial charge in [0, 0.05) is 12.6 Å². The highest BCUT2D eigenvalue weighted by molar-refractivity contribution is 7.92. The molecule has 0 atom stereocenters. The van der Waals surface area contributed by atoms with Crippen LogP contribution in [-0.4, -0.2) is 48.8 Å². The number of benzene rings is 3. The summed E-state index contributed by atoms with van der Waals surface area (Å²) in [7, 11) is 0.316. The van der Waals surface area contributed by atoms with E-state index in [4.69, 9.17) is 18.9 Å². The average molecular weight is 515 g/mol. The molecule has 0 bridgehead atoms. The van der Waals surface area contributed by atoms with Gasteiger partial charge in [0.05, 0.1) is 38.5 Å². The van der Waals surface area contributed by atoms with Gasteiger partial charge in [-0.05, 0) is 61.0 Å². The van der Waals surface area contributed by atoms with Gasteiger partial charge in [-0.2, -0.15) is 0 Å². The Balaban J connectivity index is 1.89. The highest BCUT2D eigenvalue weighted by Crippen LogP contribution is 2.32. The Labute approximate surface area is 211 Å². The molecule has 3 aromatic rings. The zero-order valence-electron chi connectivity index (χ0n) is 20.7. The van der Waals surface area contributed by atoms with Crippen molar-refractivity contribution in [2.24, 2.45) is 0 Å². The van der Waals surface area contributed by atoms with Crippen LogP contribution in [0.4, 0.5) is 5.69 Å². The van der Waals surface area contributed by atoms with Gasteiger partial charge in [-0.25, -0.2) is 8.42 Å². The van der Waals surface area contributed by atoms with Gasteiger partial charge in [-0.1, -0.05) is 12.1 Å². The van der Waals surface area contributed by atoms with Crippen molar-refractivity contribution >= 4 is 21.6 Å². The number of sulfonamides is 1. The molecule has 3 aromatic carbocycles. The Bertz CT molecular complexity index is 1260. The van der Waals surface area contributed by atoms with Crippen molar-refractivity contribution in [1.29, 1.82) is 0 Å². The molecule has 0 unspecified atom stereocenters. The third-order valence-corrected chi connectivity index (χ3v) is 7.08. The number of anilines is 1. The van der Waals surface area contributed by atoms with Crippen molar-refractivity contribution in [3.05, 3.63) is 72.3 Å². The lowest BCUT2D eigenvalue weighted by Gasteiger charge is -2.25. The number of rotatable bonds is 12. The predicted molar refractivity (Wildman–Crippen MR) is 137 cm³/mol.